The number of hydrogen-bond acceptors (Lipinski definition) is 2. The van der Waals surface area contributed by atoms with Crippen LogP contribution in [0, 0.1) is 11.8 Å². The minimum Gasteiger partial charge on any atom is -0.381 e. The molecule has 0 bridgehead atoms. The van der Waals surface area contributed by atoms with Crippen molar-refractivity contribution in [1.29, 1.82) is 0 Å². The minimum atomic E-state index is -0.173. The van der Waals surface area contributed by atoms with Crippen LogP contribution in [0.2, 0.25) is 0 Å². The highest BCUT2D eigenvalue weighted by atomic mass is 31.1. The molecular formula is C22H35O2P. The molecule has 0 aromatic heterocycles. The fourth-order valence-corrected chi connectivity index (χ4v) is 9.61. The molecule has 4 unspecified atom stereocenters. The summed E-state index contributed by atoms with van der Waals surface area (Å²) in [5.74, 6) is 1.44. The summed E-state index contributed by atoms with van der Waals surface area (Å²) in [5, 5.41) is 1.61. The van der Waals surface area contributed by atoms with Gasteiger partial charge >= 0.3 is 0 Å². The average Bonchev–Trinajstić information content (AvgIpc) is 3.32. The van der Waals surface area contributed by atoms with Gasteiger partial charge in [0.1, 0.15) is 0 Å². The Morgan fingerprint density at radius 1 is 0.800 bits per heavy atom. The summed E-state index contributed by atoms with van der Waals surface area (Å²) < 4.78 is 11.6. The van der Waals surface area contributed by atoms with Crippen molar-refractivity contribution in [3.8, 4) is 0 Å². The van der Waals surface area contributed by atoms with Gasteiger partial charge in [-0.3, -0.25) is 0 Å². The van der Waals surface area contributed by atoms with Crippen LogP contribution < -0.4 is 5.30 Å². The summed E-state index contributed by atoms with van der Waals surface area (Å²) in [6.07, 6.45) is 8.91. The predicted octanol–water partition coefficient (Wildman–Crippen LogP) is 5.20. The van der Waals surface area contributed by atoms with Crippen LogP contribution in [-0.4, -0.2) is 37.7 Å². The molecular weight excluding hydrogens is 327 g/mol. The molecule has 0 saturated heterocycles. The Labute approximate surface area is 155 Å². The summed E-state index contributed by atoms with van der Waals surface area (Å²) in [7, 11) is 3.60. The number of rotatable bonds is 7. The monoisotopic (exact) mass is 362 g/mol. The first kappa shape index (κ1) is 19.3. The van der Waals surface area contributed by atoms with Gasteiger partial charge in [-0.1, -0.05) is 51.1 Å². The van der Waals surface area contributed by atoms with Crippen LogP contribution in [0.5, 0.6) is 0 Å². The van der Waals surface area contributed by atoms with Gasteiger partial charge in [0.15, 0.2) is 0 Å². The molecule has 6 atom stereocenters. The van der Waals surface area contributed by atoms with Crippen molar-refractivity contribution in [3.05, 3.63) is 30.3 Å². The van der Waals surface area contributed by atoms with E-state index in [1.807, 2.05) is 14.2 Å². The Morgan fingerprint density at radius 2 is 1.28 bits per heavy atom. The zero-order valence-electron chi connectivity index (χ0n) is 16.4. The van der Waals surface area contributed by atoms with Gasteiger partial charge in [-0.15, -0.1) is 0 Å². The third kappa shape index (κ3) is 4.12. The Kier molecular flexibility index (Phi) is 6.94. The number of hydrogen-bond donors (Lipinski definition) is 0. The summed E-state index contributed by atoms with van der Waals surface area (Å²) in [6.45, 7) is 4.57. The smallest absolute Gasteiger partial charge is 0.0577 e. The molecule has 2 aliphatic rings. The molecule has 3 rings (SSSR count). The van der Waals surface area contributed by atoms with Crippen molar-refractivity contribution in [3.63, 3.8) is 0 Å². The van der Waals surface area contributed by atoms with E-state index >= 15 is 0 Å². The first-order valence-electron chi connectivity index (χ1n) is 10.1. The lowest BCUT2D eigenvalue weighted by molar-refractivity contribution is 0.0677. The Balaban J connectivity index is 1.93. The van der Waals surface area contributed by atoms with Crippen LogP contribution in [0.4, 0.5) is 0 Å². The van der Waals surface area contributed by atoms with E-state index in [0.29, 0.717) is 12.2 Å². The quantitative estimate of drug-likeness (QED) is 0.621. The van der Waals surface area contributed by atoms with Gasteiger partial charge in [0, 0.05) is 14.2 Å². The molecule has 2 fully saturated rings. The van der Waals surface area contributed by atoms with Gasteiger partial charge in [0.25, 0.3) is 0 Å². The third-order valence-electron chi connectivity index (χ3n) is 6.78. The van der Waals surface area contributed by atoms with Crippen LogP contribution in [-0.2, 0) is 9.47 Å². The van der Waals surface area contributed by atoms with E-state index in [1.165, 1.54) is 38.5 Å². The van der Waals surface area contributed by atoms with Crippen molar-refractivity contribution in [2.45, 2.75) is 75.9 Å². The normalized spacial score (nSPS) is 33.3. The van der Waals surface area contributed by atoms with Crippen LogP contribution in [0.1, 0.15) is 52.4 Å². The summed E-state index contributed by atoms with van der Waals surface area (Å²) in [4.78, 5) is 0. The van der Waals surface area contributed by atoms with Gasteiger partial charge < -0.3 is 9.47 Å². The standard InChI is InChI=1S/C22H35O2P/c1-16(23-3)19-12-8-14-21(19)25(18-10-6-5-7-11-18)22-15-9-13-20(22)17(2)24-4/h5-7,10-11,16-17,19-22H,8-9,12-15H2,1-4H3/t16-,17-,19?,20?,21?,22?,25?/m0/s1. The molecule has 3 heteroatoms. The van der Waals surface area contributed by atoms with Crippen LogP contribution in [0.3, 0.4) is 0 Å². The zero-order chi connectivity index (χ0) is 17.8. The summed E-state index contributed by atoms with van der Waals surface area (Å²) in [5.41, 5.74) is 1.61. The second-order valence-corrected chi connectivity index (χ2v) is 10.6. The van der Waals surface area contributed by atoms with Crippen molar-refractivity contribution >= 4 is 13.2 Å². The molecule has 0 spiro atoms. The molecule has 1 aromatic rings. The Hall–Kier alpha value is -0.430. The molecule has 2 nitrogen and oxygen atoms in total. The minimum absolute atomic E-state index is 0.173. The first-order chi connectivity index (χ1) is 12.2. The molecule has 0 N–H and O–H groups in total. The molecule has 2 aliphatic carbocycles. The molecule has 140 valence electrons. The lowest BCUT2D eigenvalue weighted by Gasteiger charge is -2.39. The maximum Gasteiger partial charge on any atom is 0.0577 e. The molecule has 1 aromatic carbocycles. The van der Waals surface area contributed by atoms with Gasteiger partial charge in [-0.25, -0.2) is 0 Å². The predicted molar refractivity (Wildman–Crippen MR) is 108 cm³/mol. The number of methoxy groups -OCH3 is 2. The number of benzene rings is 1. The Morgan fingerprint density at radius 3 is 1.72 bits per heavy atom. The van der Waals surface area contributed by atoms with Crippen LogP contribution >= 0.6 is 7.92 Å². The van der Waals surface area contributed by atoms with Gasteiger partial charge in [-0.2, -0.15) is 0 Å². The highest BCUT2D eigenvalue weighted by Crippen LogP contribution is 2.60. The van der Waals surface area contributed by atoms with E-state index in [2.05, 4.69) is 44.2 Å². The highest BCUT2D eigenvalue weighted by molar-refractivity contribution is 7.67. The molecule has 0 heterocycles. The van der Waals surface area contributed by atoms with E-state index in [4.69, 9.17) is 9.47 Å². The third-order valence-corrected chi connectivity index (χ3v) is 10.4. The number of ether oxygens (including phenoxy) is 2. The van der Waals surface area contributed by atoms with E-state index in [0.717, 1.165) is 23.2 Å². The molecule has 2 saturated carbocycles. The highest BCUT2D eigenvalue weighted by Gasteiger charge is 2.45. The average molecular weight is 362 g/mol. The SMILES string of the molecule is CO[C@@H](C)C1CCCC1P(c1ccccc1)C1CCCC1[C@H](C)OC. The second-order valence-electron chi connectivity index (χ2n) is 7.95. The maximum atomic E-state index is 5.79. The molecule has 0 amide bonds. The van der Waals surface area contributed by atoms with Gasteiger partial charge in [-0.05, 0) is 68.0 Å². The fourth-order valence-electron chi connectivity index (χ4n) is 5.30. The van der Waals surface area contributed by atoms with Gasteiger partial charge in [0.05, 0.1) is 12.2 Å². The maximum absolute atomic E-state index is 5.79. The van der Waals surface area contributed by atoms with Gasteiger partial charge in [0.2, 0.25) is 0 Å². The first-order valence-corrected chi connectivity index (χ1v) is 11.5. The lowest BCUT2D eigenvalue weighted by atomic mass is 10.0. The van der Waals surface area contributed by atoms with E-state index in [1.54, 1.807) is 5.30 Å². The summed E-state index contributed by atoms with van der Waals surface area (Å²) in [6, 6.07) is 11.4. The van der Waals surface area contributed by atoms with Crippen molar-refractivity contribution < 1.29 is 9.47 Å². The molecule has 0 radical (unpaired) electrons. The summed E-state index contributed by atoms with van der Waals surface area (Å²) >= 11 is 0. The zero-order valence-corrected chi connectivity index (χ0v) is 17.3. The van der Waals surface area contributed by atoms with Crippen LogP contribution in [0.25, 0.3) is 0 Å². The van der Waals surface area contributed by atoms with Crippen molar-refractivity contribution in [2.24, 2.45) is 11.8 Å². The van der Waals surface area contributed by atoms with Crippen molar-refractivity contribution in [2.75, 3.05) is 14.2 Å². The fraction of sp³-hybridized carbons (Fsp3) is 0.727. The van der Waals surface area contributed by atoms with E-state index < -0.39 is 0 Å². The molecule has 25 heavy (non-hydrogen) atoms. The Bertz CT molecular complexity index is 492. The topological polar surface area (TPSA) is 18.5 Å². The van der Waals surface area contributed by atoms with Crippen LogP contribution in [0.15, 0.2) is 30.3 Å². The van der Waals surface area contributed by atoms with E-state index in [-0.39, 0.29) is 7.92 Å². The largest absolute Gasteiger partial charge is 0.381 e. The van der Waals surface area contributed by atoms with E-state index in [9.17, 15) is 0 Å². The lowest BCUT2D eigenvalue weighted by Crippen LogP contribution is -2.35. The molecule has 0 aliphatic heterocycles. The van der Waals surface area contributed by atoms with Crippen molar-refractivity contribution in [1.82, 2.24) is 0 Å². The second kappa shape index (κ2) is 8.98.